The monoisotopic (exact) mass is 304 g/mol. The average molecular weight is 304 g/mol. The molecule has 0 atom stereocenters. The van der Waals surface area contributed by atoms with Gasteiger partial charge in [0.2, 0.25) is 5.95 Å². The number of aromatic nitrogens is 3. The Morgan fingerprint density at radius 2 is 2.29 bits per heavy atom. The highest BCUT2D eigenvalue weighted by Crippen LogP contribution is 2.26. The van der Waals surface area contributed by atoms with Crippen LogP contribution in [-0.4, -0.2) is 33.0 Å². The van der Waals surface area contributed by atoms with Crippen molar-refractivity contribution in [1.29, 1.82) is 0 Å². The third kappa shape index (κ3) is 2.87. The molecule has 1 aromatic carbocycles. The minimum Gasteiger partial charge on any atom is -0.493 e. The lowest BCUT2D eigenvalue weighted by Crippen LogP contribution is -2.18. The molecular formula is C14H16N4O2S. The van der Waals surface area contributed by atoms with Gasteiger partial charge in [-0.2, -0.15) is 0 Å². The number of ether oxygens (including phenoxy) is 1. The lowest BCUT2D eigenvalue weighted by Gasteiger charge is -2.15. The average Bonchev–Trinajstić information content (AvgIpc) is 2.91. The van der Waals surface area contributed by atoms with Gasteiger partial charge >= 0.3 is 0 Å². The van der Waals surface area contributed by atoms with Crippen LogP contribution in [0.2, 0.25) is 0 Å². The van der Waals surface area contributed by atoms with Gasteiger partial charge in [-0.05, 0) is 25.5 Å². The number of rotatable bonds is 4. The van der Waals surface area contributed by atoms with E-state index in [-0.39, 0.29) is 5.91 Å². The van der Waals surface area contributed by atoms with Crippen LogP contribution in [-0.2, 0) is 6.54 Å². The van der Waals surface area contributed by atoms with Gasteiger partial charge in [0.05, 0.1) is 12.2 Å². The molecule has 1 aliphatic heterocycles. The van der Waals surface area contributed by atoms with Gasteiger partial charge in [-0.1, -0.05) is 23.9 Å². The molecule has 0 radical (unpaired) electrons. The summed E-state index contributed by atoms with van der Waals surface area (Å²) in [5.74, 6) is 1.88. The Hall–Kier alpha value is -2.02. The normalized spacial score (nSPS) is 13.6. The molecule has 0 saturated carbocycles. The van der Waals surface area contributed by atoms with Crippen molar-refractivity contribution in [3.63, 3.8) is 0 Å². The standard InChI is InChI=1S/C14H16N4O2S/c1-2-20-11-7-4-3-6-10(11)12(19)15-13-16-17-14-18(13)8-5-9-21-14/h3-4,6-7H,2,5,8-9H2,1H3,(H,15,16,19). The van der Waals surface area contributed by atoms with Crippen LogP contribution < -0.4 is 10.1 Å². The van der Waals surface area contributed by atoms with Gasteiger partial charge in [-0.25, -0.2) is 0 Å². The number of nitrogens with one attached hydrogen (secondary N) is 1. The van der Waals surface area contributed by atoms with E-state index in [1.165, 1.54) is 0 Å². The molecule has 0 fully saturated rings. The van der Waals surface area contributed by atoms with Crippen LogP contribution in [0.15, 0.2) is 29.4 Å². The minimum absolute atomic E-state index is 0.232. The largest absolute Gasteiger partial charge is 0.493 e. The molecule has 1 N–H and O–H groups in total. The zero-order valence-corrected chi connectivity index (χ0v) is 12.5. The number of carbonyl (C=O) groups is 1. The number of fused-ring (bicyclic) bond motifs is 1. The SMILES string of the molecule is CCOc1ccccc1C(=O)Nc1nnc2n1CCCS2. The summed E-state index contributed by atoms with van der Waals surface area (Å²) >= 11 is 1.66. The van der Waals surface area contributed by atoms with Crippen LogP contribution in [0.4, 0.5) is 5.95 Å². The summed E-state index contributed by atoms with van der Waals surface area (Å²) in [6.45, 7) is 3.24. The van der Waals surface area contributed by atoms with Crippen molar-refractivity contribution in [2.24, 2.45) is 0 Å². The molecule has 6 nitrogen and oxygen atoms in total. The van der Waals surface area contributed by atoms with Gasteiger partial charge in [-0.3, -0.25) is 14.7 Å². The number of anilines is 1. The number of thioether (sulfide) groups is 1. The van der Waals surface area contributed by atoms with E-state index in [4.69, 9.17) is 4.74 Å². The summed E-state index contributed by atoms with van der Waals surface area (Å²) < 4.78 is 7.42. The molecule has 0 saturated heterocycles. The molecule has 21 heavy (non-hydrogen) atoms. The van der Waals surface area contributed by atoms with Gasteiger partial charge in [0.15, 0.2) is 5.16 Å². The van der Waals surface area contributed by atoms with Crippen LogP contribution in [0.3, 0.4) is 0 Å². The minimum atomic E-state index is -0.232. The predicted octanol–water partition coefficient (Wildman–Crippen LogP) is 2.42. The number of nitrogens with zero attached hydrogens (tertiary/aromatic N) is 3. The Balaban J connectivity index is 1.82. The quantitative estimate of drug-likeness (QED) is 0.939. The summed E-state index contributed by atoms with van der Waals surface area (Å²) in [6, 6.07) is 7.18. The Morgan fingerprint density at radius 1 is 1.43 bits per heavy atom. The van der Waals surface area contributed by atoms with Crippen molar-refractivity contribution in [2.45, 2.75) is 25.0 Å². The Morgan fingerprint density at radius 3 is 3.14 bits per heavy atom. The molecule has 1 amide bonds. The zero-order valence-electron chi connectivity index (χ0n) is 11.7. The Labute approximate surface area is 126 Å². The maximum absolute atomic E-state index is 12.4. The van der Waals surface area contributed by atoms with Crippen molar-refractivity contribution in [3.05, 3.63) is 29.8 Å². The molecule has 1 aliphatic rings. The summed E-state index contributed by atoms with van der Waals surface area (Å²) in [4.78, 5) is 12.4. The van der Waals surface area contributed by atoms with Crippen LogP contribution in [0.25, 0.3) is 0 Å². The first-order valence-electron chi connectivity index (χ1n) is 6.88. The molecule has 0 aliphatic carbocycles. The fourth-order valence-corrected chi connectivity index (χ4v) is 3.07. The van der Waals surface area contributed by atoms with E-state index in [9.17, 15) is 4.79 Å². The predicted molar refractivity (Wildman–Crippen MR) is 80.9 cm³/mol. The maximum Gasteiger partial charge on any atom is 0.261 e. The van der Waals surface area contributed by atoms with Crippen LogP contribution in [0, 0.1) is 0 Å². The van der Waals surface area contributed by atoms with Gasteiger partial charge in [0, 0.05) is 12.3 Å². The molecule has 2 aromatic rings. The van der Waals surface area contributed by atoms with E-state index in [1.54, 1.807) is 23.9 Å². The Bertz CT molecular complexity index is 656. The smallest absolute Gasteiger partial charge is 0.261 e. The second-order valence-corrected chi connectivity index (χ2v) is 5.61. The Kier molecular flexibility index (Phi) is 4.10. The van der Waals surface area contributed by atoms with E-state index >= 15 is 0 Å². The summed E-state index contributed by atoms with van der Waals surface area (Å²) in [5.41, 5.74) is 0.500. The number of hydrogen-bond donors (Lipinski definition) is 1. The van der Waals surface area contributed by atoms with Gasteiger partial charge < -0.3 is 4.74 Å². The van der Waals surface area contributed by atoms with E-state index in [1.807, 2.05) is 23.6 Å². The number of para-hydroxylation sites is 1. The second-order valence-electron chi connectivity index (χ2n) is 4.54. The second kappa shape index (κ2) is 6.17. The summed E-state index contributed by atoms with van der Waals surface area (Å²) in [5, 5.41) is 11.8. The molecule has 0 spiro atoms. The number of hydrogen-bond acceptors (Lipinski definition) is 5. The summed E-state index contributed by atoms with van der Waals surface area (Å²) in [7, 11) is 0. The molecule has 1 aromatic heterocycles. The highest BCUT2D eigenvalue weighted by Gasteiger charge is 2.19. The van der Waals surface area contributed by atoms with Gasteiger partial charge in [0.1, 0.15) is 5.75 Å². The zero-order chi connectivity index (χ0) is 14.7. The highest BCUT2D eigenvalue weighted by molar-refractivity contribution is 7.99. The summed E-state index contributed by atoms with van der Waals surface area (Å²) in [6.07, 6.45) is 1.05. The number of amides is 1. The molecular weight excluding hydrogens is 288 g/mol. The highest BCUT2D eigenvalue weighted by atomic mass is 32.2. The van der Waals surface area contributed by atoms with E-state index in [0.717, 1.165) is 23.9 Å². The van der Waals surface area contributed by atoms with Gasteiger partial charge in [-0.15, -0.1) is 10.2 Å². The number of carbonyl (C=O) groups excluding carboxylic acids is 1. The van der Waals surface area contributed by atoms with Crippen LogP contribution in [0.1, 0.15) is 23.7 Å². The molecule has 2 heterocycles. The first-order valence-corrected chi connectivity index (χ1v) is 7.87. The maximum atomic E-state index is 12.4. The first-order chi connectivity index (χ1) is 10.3. The molecule has 7 heteroatoms. The van der Waals surface area contributed by atoms with Crippen molar-refractivity contribution >= 4 is 23.6 Å². The van der Waals surface area contributed by atoms with Crippen LogP contribution in [0.5, 0.6) is 5.75 Å². The number of benzene rings is 1. The molecule has 3 rings (SSSR count). The molecule has 0 bridgehead atoms. The first kappa shape index (κ1) is 13.9. The van der Waals surface area contributed by atoms with Crippen molar-refractivity contribution in [1.82, 2.24) is 14.8 Å². The fraction of sp³-hybridized carbons (Fsp3) is 0.357. The fourth-order valence-electron chi connectivity index (χ4n) is 2.18. The van der Waals surface area contributed by atoms with E-state index in [2.05, 4.69) is 15.5 Å². The lowest BCUT2D eigenvalue weighted by molar-refractivity contribution is 0.102. The van der Waals surface area contributed by atoms with E-state index < -0.39 is 0 Å². The van der Waals surface area contributed by atoms with E-state index in [0.29, 0.717) is 23.9 Å². The molecule has 0 unspecified atom stereocenters. The van der Waals surface area contributed by atoms with Crippen molar-refractivity contribution in [2.75, 3.05) is 17.7 Å². The third-order valence-electron chi connectivity index (χ3n) is 3.13. The van der Waals surface area contributed by atoms with Crippen molar-refractivity contribution < 1.29 is 9.53 Å². The van der Waals surface area contributed by atoms with Crippen molar-refractivity contribution in [3.8, 4) is 5.75 Å². The topological polar surface area (TPSA) is 69.0 Å². The third-order valence-corrected chi connectivity index (χ3v) is 4.18. The molecule has 110 valence electrons. The van der Waals surface area contributed by atoms with Gasteiger partial charge in [0.25, 0.3) is 5.91 Å². The lowest BCUT2D eigenvalue weighted by atomic mass is 10.2. The van der Waals surface area contributed by atoms with Crippen LogP contribution >= 0.6 is 11.8 Å².